The van der Waals surface area contributed by atoms with Crippen LogP contribution in [-0.4, -0.2) is 53.0 Å². The zero-order valence-electron chi connectivity index (χ0n) is 16.6. The molecule has 2 aromatic heterocycles. The Balaban J connectivity index is 1.32. The molecule has 2 aliphatic rings. The lowest BCUT2D eigenvalue weighted by Gasteiger charge is -2.35. The van der Waals surface area contributed by atoms with Gasteiger partial charge in [0.15, 0.2) is 5.78 Å². The summed E-state index contributed by atoms with van der Waals surface area (Å²) in [6.07, 6.45) is 3.22. The largest absolute Gasteiger partial charge is 0.340 e. The summed E-state index contributed by atoms with van der Waals surface area (Å²) in [7, 11) is 1.83. The molecule has 1 saturated heterocycles. The van der Waals surface area contributed by atoms with Crippen LogP contribution >= 0.6 is 11.3 Å². The number of anilines is 1. The maximum absolute atomic E-state index is 13.0. The van der Waals surface area contributed by atoms with E-state index in [-0.39, 0.29) is 11.3 Å². The number of benzene rings is 1. The molecule has 0 unspecified atom stereocenters. The number of nitrogens with zero attached hydrogens (tertiary/aromatic N) is 4. The number of aromatic nitrogens is 2. The van der Waals surface area contributed by atoms with Crippen molar-refractivity contribution in [3.05, 3.63) is 56.7 Å². The minimum atomic E-state index is 0.0751. The maximum atomic E-state index is 13.0. The van der Waals surface area contributed by atoms with Gasteiger partial charge < -0.3 is 4.90 Å². The van der Waals surface area contributed by atoms with Gasteiger partial charge in [0.2, 0.25) is 5.95 Å². The molecule has 7 heteroatoms. The molecule has 0 atom stereocenters. The molecule has 3 heterocycles. The summed E-state index contributed by atoms with van der Waals surface area (Å²) in [5.41, 5.74) is 2.06. The average molecular weight is 409 g/mol. The molecule has 0 bridgehead atoms. The van der Waals surface area contributed by atoms with Crippen molar-refractivity contribution in [2.75, 3.05) is 37.6 Å². The number of aryl methyl sites for hydroxylation is 2. The first-order chi connectivity index (χ1) is 14.1. The number of fused-ring (bicyclic) bond motifs is 3. The Morgan fingerprint density at radius 3 is 2.62 bits per heavy atom. The Bertz CT molecular complexity index is 1130. The molecule has 1 aliphatic carbocycles. The molecular weight excluding hydrogens is 384 g/mol. The Morgan fingerprint density at radius 2 is 1.86 bits per heavy atom. The van der Waals surface area contributed by atoms with Crippen LogP contribution in [0.15, 0.2) is 35.1 Å². The van der Waals surface area contributed by atoms with E-state index in [0.717, 1.165) is 67.2 Å². The van der Waals surface area contributed by atoms with Crippen molar-refractivity contribution in [1.82, 2.24) is 14.5 Å². The van der Waals surface area contributed by atoms with Gasteiger partial charge in [-0.15, -0.1) is 11.3 Å². The summed E-state index contributed by atoms with van der Waals surface area (Å²) < 4.78 is 1.71. The third kappa shape index (κ3) is 3.28. The highest BCUT2D eigenvalue weighted by Crippen LogP contribution is 2.35. The van der Waals surface area contributed by atoms with Crippen LogP contribution in [0.1, 0.15) is 27.2 Å². The van der Waals surface area contributed by atoms with Crippen molar-refractivity contribution in [2.24, 2.45) is 7.05 Å². The van der Waals surface area contributed by atoms with Crippen LogP contribution in [0.2, 0.25) is 0 Å². The van der Waals surface area contributed by atoms with Crippen LogP contribution in [0.3, 0.4) is 0 Å². The van der Waals surface area contributed by atoms with Gasteiger partial charge in [0.1, 0.15) is 4.83 Å². The monoisotopic (exact) mass is 408 g/mol. The third-order valence-corrected chi connectivity index (χ3v) is 7.23. The van der Waals surface area contributed by atoms with Gasteiger partial charge in [0.25, 0.3) is 5.56 Å². The molecule has 3 aromatic rings. The fourth-order valence-corrected chi connectivity index (χ4v) is 5.67. The third-order valence-electron chi connectivity index (χ3n) is 6.04. The molecule has 0 saturated carbocycles. The zero-order valence-corrected chi connectivity index (χ0v) is 17.4. The van der Waals surface area contributed by atoms with Gasteiger partial charge >= 0.3 is 0 Å². The van der Waals surface area contributed by atoms with Crippen LogP contribution in [0.25, 0.3) is 10.2 Å². The second-order valence-electron chi connectivity index (χ2n) is 7.87. The average Bonchev–Trinajstić information content (AvgIpc) is 3.33. The first kappa shape index (κ1) is 18.5. The number of hydrogen-bond donors (Lipinski definition) is 0. The first-order valence-electron chi connectivity index (χ1n) is 10.2. The van der Waals surface area contributed by atoms with Gasteiger partial charge in [0.05, 0.1) is 11.9 Å². The minimum Gasteiger partial charge on any atom is -0.340 e. The molecule has 1 fully saturated rings. The van der Waals surface area contributed by atoms with E-state index < -0.39 is 0 Å². The van der Waals surface area contributed by atoms with E-state index in [9.17, 15) is 9.59 Å². The zero-order chi connectivity index (χ0) is 20.0. The maximum Gasteiger partial charge on any atom is 0.263 e. The van der Waals surface area contributed by atoms with E-state index in [2.05, 4.69) is 9.80 Å². The first-order valence-corrected chi connectivity index (χ1v) is 11.0. The van der Waals surface area contributed by atoms with Gasteiger partial charge in [-0.2, -0.15) is 0 Å². The van der Waals surface area contributed by atoms with Crippen molar-refractivity contribution >= 4 is 33.3 Å². The van der Waals surface area contributed by atoms with E-state index in [1.54, 1.807) is 15.9 Å². The second-order valence-corrected chi connectivity index (χ2v) is 8.95. The Morgan fingerprint density at radius 1 is 1.10 bits per heavy atom. The number of hydrogen-bond acceptors (Lipinski definition) is 6. The highest BCUT2D eigenvalue weighted by atomic mass is 32.1. The summed E-state index contributed by atoms with van der Waals surface area (Å²) in [6, 6.07) is 9.45. The number of carbonyl (C=O) groups is 1. The summed E-state index contributed by atoms with van der Waals surface area (Å²) in [5, 5.41) is 0.834. The predicted octanol–water partition coefficient (Wildman–Crippen LogP) is 2.49. The SMILES string of the molecule is Cn1c(N2CCN(CC(=O)c3ccccc3)CC2)nc2sc3c(c2c1=O)CCC3. The highest BCUT2D eigenvalue weighted by Gasteiger charge is 2.26. The number of Topliss-reactive ketones (excluding diaryl/α,β-unsaturated/α-hetero) is 1. The molecule has 29 heavy (non-hydrogen) atoms. The Labute approximate surface area is 173 Å². The van der Waals surface area contributed by atoms with Crippen molar-refractivity contribution in [3.63, 3.8) is 0 Å². The lowest BCUT2D eigenvalue weighted by atomic mass is 10.1. The number of carbonyl (C=O) groups excluding carboxylic acids is 1. The molecule has 0 amide bonds. The van der Waals surface area contributed by atoms with Crippen molar-refractivity contribution in [1.29, 1.82) is 0 Å². The lowest BCUT2D eigenvalue weighted by molar-refractivity contribution is 0.0926. The summed E-state index contributed by atoms with van der Waals surface area (Å²) in [6.45, 7) is 3.53. The standard InChI is InChI=1S/C22H24N4O2S/c1-24-21(28)19-16-8-5-9-18(16)29-20(19)23-22(24)26-12-10-25(11-13-26)14-17(27)15-6-3-2-4-7-15/h2-4,6-7H,5,8-14H2,1H3. The molecule has 1 aliphatic heterocycles. The topological polar surface area (TPSA) is 58.4 Å². The smallest absolute Gasteiger partial charge is 0.263 e. The summed E-state index contributed by atoms with van der Waals surface area (Å²) in [5.74, 6) is 0.899. The number of piperazine rings is 1. The Kier molecular flexibility index (Phi) is 4.72. The van der Waals surface area contributed by atoms with Gasteiger partial charge in [-0.25, -0.2) is 4.98 Å². The van der Waals surface area contributed by atoms with Gasteiger partial charge in [-0.05, 0) is 24.8 Å². The molecular formula is C22H24N4O2S. The fourth-order valence-electron chi connectivity index (χ4n) is 4.42. The molecule has 150 valence electrons. The fraction of sp³-hybridized carbons (Fsp3) is 0.409. The van der Waals surface area contributed by atoms with Crippen molar-refractivity contribution in [2.45, 2.75) is 19.3 Å². The number of rotatable bonds is 4. The molecule has 0 spiro atoms. The lowest BCUT2D eigenvalue weighted by Crippen LogP contribution is -2.49. The van der Waals surface area contributed by atoms with Crippen LogP contribution in [0.4, 0.5) is 5.95 Å². The molecule has 1 aromatic carbocycles. The number of ketones is 1. The van der Waals surface area contributed by atoms with Crippen LogP contribution in [0.5, 0.6) is 0 Å². The molecule has 5 rings (SSSR count). The van der Waals surface area contributed by atoms with Crippen LogP contribution < -0.4 is 10.5 Å². The number of thiophene rings is 1. The Hall–Kier alpha value is -2.51. The minimum absolute atomic E-state index is 0.0751. The van der Waals surface area contributed by atoms with Crippen LogP contribution in [-0.2, 0) is 19.9 Å². The van der Waals surface area contributed by atoms with Gasteiger partial charge in [-0.3, -0.25) is 19.1 Å². The second kappa shape index (κ2) is 7.39. The highest BCUT2D eigenvalue weighted by molar-refractivity contribution is 7.18. The quantitative estimate of drug-likeness (QED) is 0.621. The van der Waals surface area contributed by atoms with E-state index in [4.69, 9.17) is 4.98 Å². The summed E-state index contributed by atoms with van der Waals surface area (Å²) in [4.78, 5) is 37.0. The molecule has 0 N–H and O–H groups in total. The van der Waals surface area contributed by atoms with Crippen molar-refractivity contribution < 1.29 is 4.79 Å². The summed E-state index contributed by atoms with van der Waals surface area (Å²) >= 11 is 1.69. The van der Waals surface area contributed by atoms with Gasteiger partial charge in [0, 0.05) is 43.7 Å². The molecule has 0 radical (unpaired) electrons. The van der Waals surface area contributed by atoms with Gasteiger partial charge in [-0.1, -0.05) is 30.3 Å². The van der Waals surface area contributed by atoms with E-state index in [1.807, 2.05) is 37.4 Å². The van der Waals surface area contributed by atoms with Crippen LogP contribution in [0, 0.1) is 0 Å². The molecule has 6 nitrogen and oxygen atoms in total. The normalized spacial score (nSPS) is 17.1. The van der Waals surface area contributed by atoms with Crippen molar-refractivity contribution in [3.8, 4) is 0 Å². The van der Waals surface area contributed by atoms with E-state index in [0.29, 0.717) is 6.54 Å². The van der Waals surface area contributed by atoms with E-state index in [1.165, 1.54) is 10.4 Å². The van der Waals surface area contributed by atoms with E-state index >= 15 is 0 Å². The predicted molar refractivity (Wildman–Crippen MR) is 116 cm³/mol.